The first-order valence-electron chi connectivity index (χ1n) is 11.5. The van der Waals surface area contributed by atoms with E-state index in [-0.39, 0.29) is 29.5 Å². The van der Waals surface area contributed by atoms with Gasteiger partial charge in [-0.25, -0.2) is 0 Å². The number of Topliss-reactive ketones (excluding diaryl/α,β-unsaturated/α-hetero) is 1. The summed E-state index contributed by atoms with van der Waals surface area (Å²) in [5, 5.41) is 20.4. The molecule has 1 saturated heterocycles. The van der Waals surface area contributed by atoms with E-state index in [1.807, 2.05) is 13.0 Å². The Labute approximate surface area is 178 Å². The number of allylic oxidation sites excluding steroid dienone is 4. The molecule has 8 atom stereocenters. The van der Waals surface area contributed by atoms with E-state index in [1.165, 1.54) is 0 Å². The first kappa shape index (κ1) is 21.9. The van der Waals surface area contributed by atoms with Gasteiger partial charge >= 0.3 is 0 Å². The maximum absolute atomic E-state index is 12.5. The molecule has 1 heterocycles. The SMILES string of the molecule is CCC[C@@H]1O[C@H](C[C@@H]2CC[C@H](O)[C@H]3[C@H]2CCC2=CC(=O)C=C[C@@H]23)[C@@](C)(C(=O)CO)O1. The lowest BCUT2D eigenvalue weighted by Crippen LogP contribution is -2.50. The molecule has 6 nitrogen and oxygen atoms in total. The zero-order chi connectivity index (χ0) is 21.5. The molecule has 0 unspecified atom stereocenters. The van der Waals surface area contributed by atoms with Crippen LogP contribution >= 0.6 is 0 Å². The third kappa shape index (κ3) is 3.83. The van der Waals surface area contributed by atoms with Crippen molar-refractivity contribution in [2.75, 3.05) is 6.61 Å². The second kappa shape index (κ2) is 8.65. The minimum absolute atomic E-state index is 0.0401. The molecule has 0 aromatic heterocycles. The van der Waals surface area contributed by atoms with Crippen molar-refractivity contribution in [3.63, 3.8) is 0 Å². The summed E-state index contributed by atoms with van der Waals surface area (Å²) in [5.74, 6) is 0.557. The van der Waals surface area contributed by atoms with Crippen LogP contribution in [0, 0.1) is 23.7 Å². The van der Waals surface area contributed by atoms with Crippen LogP contribution in [0.1, 0.15) is 58.8 Å². The molecule has 166 valence electrons. The number of carbonyl (C=O) groups excluding carboxylic acids is 2. The summed E-state index contributed by atoms with van der Waals surface area (Å²) in [6, 6.07) is 0. The van der Waals surface area contributed by atoms with Crippen molar-refractivity contribution in [1.82, 2.24) is 0 Å². The zero-order valence-corrected chi connectivity index (χ0v) is 18.0. The first-order valence-corrected chi connectivity index (χ1v) is 11.5. The third-order valence-corrected chi connectivity index (χ3v) is 7.83. The summed E-state index contributed by atoms with van der Waals surface area (Å²) in [5.41, 5.74) is 0.0176. The molecule has 6 heteroatoms. The number of ether oxygens (including phenoxy) is 2. The third-order valence-electron chi connectivity index (χ3n) is 7.83. The van der Waals surface area contributed by atoms with Crippen LogP contribution in [0.4, 0.5) is 0 Å². The van der Waals surface area contributed by atoms with Gasteiger partial charge in [-0.05, 0) is 75.4 Å². The average Bonchev–Trinajstić information content (AvgIpc) is 3.05. The Kier molecular flexibility index (Phi) is 6.31. The van der Waals surface area contributed by atoms with Crippen LogP contribution in [0.5, 0.6) is 0 Å². The van der Waals surface area contributed by atoms with Gasteiger partial charge in [-0.1, -0.05) is 25.0 Å². The van der Waals surface area contributed by atoms with Crippen molar-refractivity contribution >= 4 is 11.6 Å². The van der Waals surface area contributed by atoms with E-state index in [2.05, 4.69) is 0 Å². The summed E-state index contributed by atoms with van der Waals surface area (Å²) in [6.07, 6.45) is 9.88. The topological polar surface area (TPSA) is 93.1 Å². The Balaban J connectivity index is 1.54. The van der Waals surface area contributed by atoms with E-state index < -0.39 is 24.6 Å². The Morgan fingerprint density at radius 3 is 2.83 bits per heavy atom. The van der Waals surface area contributed by atoms with Gasteiger partial charge in [0.15, 0.2) is 23.5 Å². The number of ketones is 2. The summed E-state index contributed by atoms with van der Waals surface area (Å²) in [7, 11) is 0. The molecule has 2 N–H and O–H groups in total. The van der Waals surface area contributed by atoms with E-state index >= 15 is 0 Å². The lowest BCUT2D eigenvalue weighted by molar-refractivity contribution is -0.147. The lowest BCUT2D eigenvalue weighted by atomic mass is 9.57. The number of rotatable bonds is 6. The standard InChI is InChI=1S/C24H34O6/c1-3-4-22-29-21(24(2,30-22)20(28)13-25)12-15-6-10-19(27)23-17(15)8-5-14-11-16(26)7-9-18(14)23/h7,9,11,15,17-19,21-23,25,27H,3-6,8,10,12-13H2,1-2H3/t15-,17-,18-,19-,21+,22+,23-,24+/m0/s1. The minimum Gasteiger partial charge on any atom is -0.393 e. The highest BCUT2D eigenvalue weighted by molar-refractivity contribution is 6.00. The summed E-state index contributed by atoms with van der Waals surface area (Å²) in [6.45, 7) is 3.24. The van der Waals surface area contributed by atoms with E-state index in [1.54, 1.807) is 19.1 Å². The number of fused-ring (bicyclic) bond motifs is 3. The van der Waals surface area contributed by atoms with Crippen molar-refractivity contribution in [3.05, 3.63) is 23.8 Å². The van der Waals surface area contributed by atoms with Crippen molar-refractivity contribution in [2.45, 2.75) is 82.9 Å². The summed E-state index contributed by atoms with van der Waals surface area (Å²) < 4.78 is 12.2. The van der Waals surface area contributed by atoms with Crippen molar-refractivity contribution < 1.29 is 29.3 Å². The average molecular weight is 419 g/mol. The highest BCUT2D eigenvalue weighted by Gasteiger charge is 2.53. The van der Waals surface area contributed by atoms with Gasteiger partial charge in [-0.15, -0.1) is 0 Å². The molecule has 4 aliphatic rings. The molecule has 4 rings (SSSR count). The summed E-state index contributed by atoms with van der Waals surface area (Å²) in [4.78, 5) is 24.3. The molecule has 3 fully saturated rings. The zero-order valence-electron chi connectivity index (χ0n) is 18.0. The van der Waals surface area contributed by atoms with Crippen LogP contribution in [0.3, 0.4) is 0 Å². The lowest BCUT2D eigenvalue weighted by Gasteiger charge is -2.49. The van der Waals surface area contributed by atoms with E-state index in [4.69, 9.17) is 9.47 Å². The normalized spacial score (nSPS) is 43.1. The Morgan fingerprint density at radius 2 is 2.10 bits per heavy atom. The molecule has 0 aromatic rings. The van der Waals surface area contributed by atoms with Gasteiger partial charge in [-0.3, -0.25) is 9.59 Å². The van der Waals surface area contributed by atoms with Crippen LogP contribution in [0.25, 0.3) is 0 Å². The fraction of sp³-hybridized carbons (Fsp3) is 0.750. The monoisotopic (exact) mass is 418 g/mol. The molecule has 3 aliphatic carbocycles. The quantitative estimate of drug-likeness (QED) is 0.689. The molecule has 0 radical (unpaired) electrons. The molecular formula is C24H34O6. The molecule has 0 spiro atoms. The number of carbonyl (C=O) groups is 2. The largest absolute Gasteiger partial charge is 0.393 e. The van der Waals surface area contributed by atoms with Crippen LogP contribution < -0.4 is 0 Å². The Hall–Kier alpha value is -1.34. The van der Waals surface area contributed by atoms with E-state index in [0.717, 1.165) is 37.7 Å². The molecule has 2 saturated carbocycles. The summed E-state index contributed by atoms with van der Waals surface area (Å²) >= 11 is 0. The molecule has 30 heavy (non-hydrogen) atoms. The van der Waals surface area contributed by atoms with Crippen LogP contribution in [-0.4, -0.2) is 52.5 Å². The second-order valence-corrected chi connectivity index (χ2v) is 9.58. The van der Waals surface area contributed by atoms with Crippen LogP contribution in [0.15, 0.2) is 23.8 Å². The second-order valence-electron chi connectivity index (χ2n) is 9.58. The number of aliphatic hydroxyl groups excluding tert-OH is 2. The minimum atomic E-state index is -1.13. The van der Waals surface area contributed by atoms with Crippen molar-refractivity contribution in [1.29, 1.82) is 0 Å². The number of hydrogen-bond acceptors (Lipinski definition) is 6. The van der Waals surface area contributed by atoms with Crippen LogP contribution in [0.2, 0.25) is 0 Å². The van der Waals surface area contributed by atoms with E-state index in [0.29, 0.717) is 24.7 Å². The van der Waals surface area contributed by atoms with E-state index in [9.17, 15) is 19.8 Å². The first-order chi connectivity index (χ1) is 14.4. The fourth-order valence-electron chi connectivity index (χ4n) is 6.22. The van der Waals surface area contributed by atoms with Gasteiger partial charge in [0.25, 0.3) is 0 Å². The van der Waals surface area contributed by atoms with Crippen molar-refractivity contribution in [2.24, 2.45) is 23.7 Å². The van der Waals surface area contributed by atoms with Gasteiger partial charge < -0.3 is 19.7 Å². The molecule has 0 bridgehead atoms. The van der Waals surface area contributed by atoms with Gasteiger partial charge in [0, 0.05) is 5.92 Å². The Morgan fingerprint density at radius 1 is 1.30 bits per heavy atom. The number of aliphatic hydroxyl groups is 2. The molecular weight excluding hydrogens is 384 g/mol. The Bertz CT molecular complexity index is 742. The molecule has 1 aliphatic heterocycles. The molecule has 0 aromatic carbocycles. The van der Waals surface area contributed by atoms with Crippen molar-refractivity contribution in [3.8, 4) is 0 Å². The number of hydrogen-bond donors (Lipinski definition) is 2. The fourth-order valence-corrected chi connectivity index (χ4v) is 6.22. The molecule has 0 amide bonds. The van der Waals surface area contributed by atoms with Gasteiger partial charge in [0.2, 0.25) is 0 Å². The predicted octanol–water partition coefficient (Wildman–Crippen LogP) is 2.72. The smallest absolute Gasteiger partial charge is 0.192 e. The highest BCUT2D eigenvalue weighted by Crippen LogP contribution is 2.52. The van der Waals surface area contributed by atoms with Gasteiger partial charge in [0.1, 0.15) is 6.61 Å². The van der Waals surface area contributed by atoms with Gasteiger partial charge in [0.05, 0.1) is 12.2 Å². The maximum atomic E-state index is 12.5. The predicted molar refractivity (Wildman–Crippen MR) is 110 cm³/mol. The van der Waals surface area contributed by atoms with Crippen LogP contribution in [-0.2, 0) is 19.1 Å². The maximum Gasteiger partial charge on any atom is 0.192 e. The highest BCUT2D eigenvalue weighted by atomic mass is 16.7. The van der Waals surface area contributed by atoms with Gasteiger partial charge in [-0.2, -0.15) is 0 Å².